The van der Waals surface area contributed by atoms with Gasteiger partial charge in [-0.3, -0.25) is 0 Å². The number of halogens is 1. The van der Waals surface area contributed by atoms with E-state index in [1.165, 1.54) is 24.3 Å². The minimum absolute atomic E-state index is 0. The minimum atomic E-state index is -0.209. The van der Waals surface area contributed by atoms with E-state index < -0.39 is 0 Å². The average Bonchev–Trinajstić information content (AvgIpc) is 1.69. The summed E-state index contributed by atoms with van der Waals surface area (Å²) in [5, 5.41) is 0. The Kier molecular flexibility index (Phi) is 3.98. The zero-order chi connectivity index (χ0) is 5.11. The molecule has 0 bridgehead atoms. The molecule has 1 rings (SSSR count). The molecule has 1 radical (unpaired) electrons. The number of hydrogen-bond donors (Lipinski definition) is 0. The second-order valence-corrected chi connectivity index (χ2v) is 1.22. The van der Waals surface area contributed by atoms with Gasteiger partial charge in [0.15, 0.2) is 0 Å². The molecule has 0 fully saturated rings. The molecule has 0 amide bonds. The van der Waals surface area contributed by atoms with Crippen LogP contribution in [-0.2, 0) is 0 Å². The van der Waals surface area contributed by atoms with E-state index in [4.69, 9.17) is 0 Å². The molecule has 0 spiro atoms. The van der Waals surface area contributed by atoms with E-state index in [9.17, 15) is 4.39 Å². The molecule has 1 aromatic carbocycles. The average molecular weight is 306 g/mol. The topological polar surface area (TPSA) is 0 Å². The number of hydrogen-bond acceptors (Lipinski definition) is 0. The fourth-order valence-electron chi connectivity index (χ4n) is 0.367. The summed E-state index contributed by atoms with van der Waals surface area (Å²) >= 11 is 0. The van der Waals surface area contributed by atoms with Gasteiger partial charge in [0, 0.05) is 0 Å². The number of benzene rings is 1. The van der Waals surface area contributed by atoms with E-state index in [0.717, 1.165) is 0 Å². The predicted octanol–water partition coefficient (Wildman–Crippen LogP) is 1.36. The van der Waals surface area contributed by atoms with Crippen molar-refractivity contribution >= 4 is 0 Å². The van der Waals surface area contributed by atoms with Crippen LogP contribution in [0, 0.1) is 38.1 Å². The Labute approximate surface area is 66.8 Å². The molecule has 0 aliphatic rings. The molecule has 43 valence electrons. The third-order valence-electron chi connectivity index (χ3n) is 0.678. The standard InChI is InChI=1S/C6H4F.AtH/c7-6-4-2-1-3-5-6;/h2-5H;1H. The van der Waals surface area contributed by atoms with E-state index >= 15 is 0 Å². The van der Waals surface area contributed by atoms with Crippen LogP contribution in [0.25, 0.3) is 0 Å². The normalized spacial score (nSPS) is 7.62. The van der Waals surface area contributed by atoms with Gasteiger partial charge < -0.3 is 0 Å². The van der Waals surface area contributed by atoms with Crippen LogP contribution in [-0.4, -0.2) is 0 Å². The van der Waals surface area contributed by atoms with Crippen molar-refractivity contribution < 1.29 is 30.6 Å². The molecule has 1 aromatic rings. The van der Waals surface area contributed by atoms with E-state index in [1.807, 2.05) is 0 Å². The summed E-state index contributed by atoms with van der Waals surface area (Å²) in [5.74, 6) is -0.209. The molecule has 0 aliphatic carbocycles. The van der Waals surface area contributed by atoms with Crippen LogP contribution in [0.1, 0.15) is 0 Å². The molecule has 0 atom stereocenters. The molecule has 0 aromatic heterocycles. The summed E-state index contributed by atoms with van der Waals surface area (Å²) < 4.78 is 11.9. The van der Waals surface area contributed by atoms with E-state index in [0.29, 0.717) is 0 Å². The second kappa shape index (κ2) is 3.97. The summed E-state index contributed by atoms with van der Waals surface area (Å²) in [4.78, 5) is 0. The van der Waals surface area contributed by atoms with Crippen LogP contribution < -0.4 is 0 Å². The Morgan fingerprint density at radius 3 is 2.00 bits per heavy atom. The van der Waals surface area contributed by atoms with Crippen molar-refractivity contribution in [2.75, 3.05) is 0 Å². The maximum absolute atomic E-state index is 11.9. The quantitative estimate of drug-likeness (QED) is 0.679. The molecule has 0 nitrogen and oxygen atoms in total. The van der Waals surface area contributed by atoms with Gasteiger partial charge in [0.05, 0.1) is 0 Å². The van der Waals surface area contributed by atoms with E-state index in [2.05, 4.69) is 6.07 Å². The molecule has 0 aliphatic heterocycles. The van der Waals surface area contributed by atoms with Crippen LogP contribution in [0.15, 0.2) is 24.3 Å². The Bertz CT molecular complexity index is 138. The first-order valence-corrected chi connectivity index (χ1v) is 2.01. The van der Waals surface area contributed by atoms with Gasteiger partial charge >= 0.3 is 26.2 Å². The molecule has 0 saturated carbocycles. The Hall–Kier alpha value is 0.0331. The van der Waals surface area contributed by atoms with Crippen molar-refractivity contribution in [2.24, 2.45) is 0 Å². The Morgan fingerprint density at radius 1 is 1.25 bits per heavy atom. The summed E-state index contributed by atoms with van der Waals surface area (Å²) in [6.45, 7) is 0. The molecular weight excluding hydrogens is 301 g/mol. The van der Waals surface area contributed by atoms with Gasteiger partial charge in [-0.15, -0.1) is 0 Å². The fraction of sp³-hybridized carbons (Fsp3) is 0. The van der Waals surface area contributed by atoms with Gasteiger partial charge in [0.25, 0.3) is 0 Å². The van der Waals surface area contributed by atoms with Gasteiger partial charge in [0.2, 0.25) is 0 Å². The van der Waals surface area contributed by atoms with Crippen molar-refractivity contribution in [1.29, 1.82) is 0 Å². The van der Waals surface area contributed by atoms with Crippen molar-refractivity contribution in [3.63, 3.8) is 0 Å². The van der Waals surface area contributed by atoms with Gasteiger partial charge in [0.1, 0.15) is 5.82 Å². The SMILES string of the molecule is Fc1cc[c]cc1.[AtH]. The first-order chi connectivity index (χ1) is 3.39. The predicted molar refractivity (Wildman–Crippen MR) is 26.6 cm³/mol. The van der Waals surface area contributed by atoms with Crippen LogP contribution in [0.2, 0.25) is 0 Å². The second-order valence-electron chi connectivity index (χ2n) is 1.22. The maximum atomic E-state index is 11.9. The zero-order valence-electron chi connectivity index (χ0n) is 4.10. The summed E-state index contributed by atoms with van der Waals surface area (Å²) in [6.07, 6.45) is 0. The zero-order valence-corrected chi connectivity index (χ0v) is 7.27. The van der Waals surface area contributed by atoms with Gasteiger partial charge in [-0.25, -0.2) is 4.39 Å². The molecule has 0 heterocycles. The molecular formula is C6H5AtF. The van der Waals surface area contributed by atoms with Gasteiger partial charge in [-0.2, -0.15) is 0 Å². The van der Waals surface area contributed by atoms with Crippen molar-refractivity contribution in [1.82, 2.24) is 0 Å². The third kappa shape index (κ3) is 2.37. The summed E-state index contributed by atoms with van der Waals surface area (Å²) in [6, 6.07) is 8.49. The first kappa shape index (κ1) is 8.03. The van der Waals surface area contributed by atoms with Crippen LogP contribution in [0.3, 0.4) is 0 Å². The molecule has 0 N–H and O–H groups in total. The van der Waals surface area contributed by atoms with Crippen LogP contribution >= 0.6 is 0 Å². The van der Waals surface area contributed by atoms with Gasteiger partial charge in [-0.05, 0) is 18.2 Å². The summed E-state index contributed by atoms with van der Waals surface area (Å²) in [5.41, 5.74) is 0. The van der Waals surface area contributed by atoms with Crippen LogP contribution in [0.5, 0.6) is 0 Å². The van der Waals surface area contributed by atoms with E-state index in [1.54, 1.807) is 0 Å². The van der Waals surface area contributed by atoms with E-state index in [-0.39, 0.29) is 32.0 Å². The van der Waals surface area contributed by atoms with Crippen molar-refractivity contribution in [3.05, 3.63) is 36.1 Å². The molecule has 0 unspecified atom stereocenters. The summed E-state index contributed by atoms with van der Waals surface area (Å²) in [7, 11) is 0. The van der Waals surface area contributed by atoms with Gasteiger partial charge in [-0.1, -0.05) is 12.1 Å². The van der Waals surface area contributed by atoms with Crippen LogP contribution in [0.4, 0.5) is 4.39 Å². The first-order valence-electron chi connectivity index (χ1n) is 2.01. The number of rotatable bonds is 0. The fourth-order valence-corrected chi connectivity index (χ4v) is 0.367. The Morgan fingerprint density at radius 2 is 1.75 bits per heavy atom. The van der Waals surface area contributed by atoms with Crippen molar-refractivity contribution in [2.45, 2.75) is 0 Å². The monoisotopic (exact) mass is 306 g/mol. The third-order valence-corrected chi connectivity index (χ3v) is 0.678. The molecule has 0 saturated heterocycles. The van der Waals surface area contributed by atoms with Crippen molar-refractivity contribution in [3.8, 4) is 0 Å². The molecule has 2 heteroatoms. The molecule has 8 heavy (non-hydrogen) atoms. The Balaban J connectivity index is 0.000000490.